The molecule has 178 valence electrons. The number of anilines is 1. The SMILES string of the molecule is Cc1nc(N[C@H](C)c2cccc(C(F)F)c2F)c2cc(C(=O)NC(C)(C)C)c3nnnn3c2n1. The number of alkyl halides is 2. The summed E-state index contributed by atoms with van der Waals surface area (Å²) in [4.78, 5) is 21.8. The second-order valence-corrected chi connectivity index (χ2v) is 8.95. The van der Waals surface area contributed by atoms with Crippen molar-refractivity contribution in [3.8, 4) is 0 Å². The van der Waals surface area contributed by atoms with Gasteiger partial charge in [-0.15, -0.1) is 5.10 Å². The van der Waals surface area contributed by atoms with Gasteiger partial charge in [-0.3, -0.25) is 4.79 Å². The van der Waals surface area contributed by atoms with Crippen LogP contribution in [0.3, 0.4) is 0 Å². The molecule has 1 atom stereocenters. The van der Waals surface area contributed by atoms with Crippen LogP contribution in [0.15, 0.2) is 24.3 Å². The summed E-state index contributed by atoms with van der Waals surface area (Å²) in [7, 11) is 0. The largest absolute Gasteiger partial charge is 0.363 e. The van der Waals surface area contributed by atoms with Crippen molar-refractivity contribution in [3.63, 3.8) is 0 Å². The summed E-state index contributed by atoms with van der Waals surface area (Å²) < 4.78 is 42.4. The van der Waals surface area contributed by atoms with Gasteiger partial charge in [0.05, 0.1) is 22.6 Å². The molecule has 34 heavy (non-hydrogen) atoms. The number of aryl methyl sites for hydroxylation is 1. The number of pyridine rings is 1. The second kappa shape index (κ2) is 8.50. The zero-order chi connectivity index (χ0) is 24.8. The lowest BCUT2D eigenvalue weighted by molar-refractivity contribution is 0.0920. The minimum absolute atomic E-state index is 0.0522. The van der Waals surface area contributed by atoms with Crippen LogP contribution >= 0.6 is 0 Å². The molecule has 1 aromatic carbocycles. The Labute approximate surface area is 192 Å². The Balaban J connectivity index is 1.85. The second-order valence-electron chi connectivity index (χ2n) is 8.95. The summed E-state index contributed by atoms with van der Waals surface area (Å²) in [6.07, 6.45) is -2.94. The number of nitrogens with one attached hydrogen (secondary N) is 2. The summed E-state index contributed by atoms with van der Waals surface area (Å²) in [5.74, 6) is -0.739. The van der Waals surface area contributed by atoms with Gasteiger partial charge in [0.2, 0.25) is 0 Å². The Morgan fingerprint density at radius 1 is 1.12 bits per heavy atom. The van der Waals surface area contributed by atoms with E-state index in [4.69, 9.17) is 0 Å². The molecule has 4 rings (SSSR count). The molecule has 0 radical (unpaired) electrons. The number of amides is 1. The average Bonchev–Trinajstić information content (AvgIpc) is 3.22. The molecule has 3 heterocycles. The lowest BCUT2D eigenvalue weighted by Crippen LogP contribution is -2.40. The molecular formula is C22H23F3N8O. The van der Waals surface area contributed by atoms with Crippen molar-refractivity contribution in [3.05, 3.63) is 52.6 Å². The van der Waals surface area contributed by atoms with E-state index in [1.807, 2.05) is 20.8 Å². The van der Waals surface area contributed by atoms with Crippen molar-refractivity contribution >= 4 is 28.4 Å². The zero-order valence-corrected chi connectivity index (χ0v) is 19.2. The van der Waals surface area contributed by atoms with Gasteiger partial charge in [0.1, 0.15) is 17.5 Å². The average molecular weight is 472 g/mol. The van der Waals surface area contributed by atoms with Crippen LogP contribution in [0.4, 0.5) is 19.0 Å². The van der Waals surface area contributed by atoms with Gasteiger partial charge in [-0.05, 0) is 51.1 Å². The highest BCUT2D eigenvalue weighted by Gasteiger charge is 2.24. The number of rotatable bonds is 5. The Hall–Kier alpha value is -3.83. The fourth-order valence-corrected chi connectivity index (χ4v) is 3.61. The van der Waals surface area contributed by atoms with Gasteiger partial charge in [-0.1, -0.05) is 18.2 Å². The molecule has 0 spiro atoms. The molecule has 0 unspecified atom stereocenters. The molecular weight excluding hydrogens is 449 g/mol. The van der Waals surface area contributed by atoms with E-state index in [1.54, 1.807) is 19.9 Å². The molecule has 4 aromatic rings. The van der Waals surface area contributed by atoms with E-state index in [1.165, 1.54) is 16.6 Å². The monoisotopic (exact) mass is 472 g/mol. The van der Waals surface area contributed by atoms with E-state index in [9.17, 15) is 18.0 Å². The summed E-state index contributed by atoms with van der Waals surface area (Å²) in [5.41, 5.74) is -0.397. The third kappa shape index (κ3) is 4.35. The Bertz CT molecular complexity index is 1400. The quantitative estimate of drug-likeness (QED) is 0.449. The molecule has 1 amide bonds. The van der Waals surface area contributed by atoms with Gasteiger partial charge >= 0.3 is 0 Å². The number of tetrazole rings is 1. The number of benzene rings is 1. The molecule has 0 aliphatic heterocycles. The van der Waals surface area contributed by atoms with Crippen LogP contribution in [0, 0.1) is 12.7 Å². The zero-order valence-electron chi connectivity index (χ0n) is 19.2. The molecule has 0 saturated carbocycles. The normalized spacial score (nSPS) is 13.0. The van der Waals surface area contributed by atoms with Crippen molar-refractivity contribution in [2.75, 3.05) is 5.32 Å². The van der Waals surface area contributed by atoms with Crippen LogP contribution in [0.5, 0.6) is 0 Å². The van der Waals surface area contributed by atoms with Crippen molar-refractivity contribution < 1.29 is 18.0 Å². The summed E-state index contributed by atoms with van der Waals surface area (Å²) in [5, 5.41) is 18.0. The van der Waals surface area contributed by atoms with Crippen LogP contribution < -0.4 is 10.6 Å². The van der Waals surface area contributed by atoms with Gasteiger partial charge in [-0.2, -0.15) is 4.52 Å². The van der Waals surface area contributed by atoms with E-state index in [2.05, 4.69) is 36.1 Å². The first-order valence-corrected chi connectivity index (χ1v) is 10.5. The summed E-state index contributed by atoms with van der Waals surface area (Å²) in [6.45, 7) is 8.81. The number of nitrogens with zero attached hydrogens (tertiary/aromatic N) is 6. The maximum absolute atomic E-state index is 14.7. The predicted molar refractivity (Wildman–Crippen MR) is 119 cm³/mol. The molecule has 0 saturated heterocycles. The smallest absolute Gasteiger partial charge is 0.266 e. The minimum atomic E-state index is -2.94. The standard InChI is InChI=1S/C22H23F3N8O/c1-10(12-7-6-8-13(16(12)23)17(24)25)26-18-14-9-15(21(34)29-22(3,4)5)20-30-31-32-33(20)19(14)28-11(2)27-18/h6-10,17H,1-5H3,(H,29,34)(H,26,27,28)/t10-/m1/s1. The Morgan fingerprint density at radius 2 is 1.82 bits per heavy atom. The Kier molecular flexibility index (Phi) is 5.84. The van der Waals surface area contributed by atoms with Gasteiger partial charge in [-0.25, -0.2) is 23.1 Å². The molecule has 0 fully saturated rings. The highest BCUT2D eigenvalue weighted by Crippen LogP contribution is 2.31. The first kappa shape index (κ1) is 23.3. The van der Waals surface area contributed by atoms with Crippen LogP contribution in [0.25, 0.3) is 16.7 Å². The maximum Gasteiger partial charge on any atom is 0.266 e. The highest BCUT2D eigenvalue weighted by atomic mass is 19.3. The highest BCUT2D eigenvalue weighted by molar-refractivity contribution is 6.04. The number of carbonyl (C=O) groups is 1. The fourth-order valence-electron chi connectivity index (χ4n) is 3.61. The van der Waals surface area contributed by atoms with Crippen LogP contribution in [-0.2, 0) is 0 Å². The minimum Gasteiger partial charge on any atom is -0.363 e. The number of carbonyl (C=O) groups excluding carboxylic acids is 1. The summed E-state index contributed by atoms with van der Waals surface area (Å²) in [6, 6.07) is 4.68. The lowest BCUT2D eigenvalue weighted by Gasteiger charge is -2.21. The van der Waals surface area contributed by atoms with Gasteiger partial charge < -0.3 is 10.6 Å². The van der Waals surface area contributed by atoms with Gasteiger partial charge in [0, 0.05) is 11.1 Å². The van der Waals surface area contributed by atoms with E-state index in [0.29, 0.717) is 16.9 Å². The topological polar surface area (TPSA) is 110 Å². The number of hydrogen-bond donors (Lipinski definition) is 2. The number of hydrogen-bond acceptors (Lipinski definition) is 7. The first-order valence-electron chi connectivity index (χ1n) is 10.5. The van der Waals surface area contributed by atoms with Crippen LogP contribution in [0.2, 0.25) is 0 Å². The van der Waals surface area contributed by atoms with Crippen LogP contribution in [-0.4, -0.2) is 41.5 Å². The molecule has 12 heteroatoms. The number of halogens is 3. The van der Waals surface area contributed by atoms with Crippen LogP contribution in [0.1, 0.15) is 67.5 Å². The molecule has 3 aromatic heterocycles. The van der Waals surface area contributed by atoms with Crippen molar-refractivity contribution in [1.82, 2.24) is 35.3 Å². The first-order chi connectivity index (χ1) is 16.0. The van der Waals surface area contributed by atoms with Crippen molar-refractivity contribution in [1.29, 1.82) is 0 Å². The van der Waals surface area contributed by atoms with E-state index >= 15 is 0 Å². The molecule has 0 bridgehead atoms. The molecule has 2 N–H and O–H groups in total. The molecule has 9 nitrogen and oxygen atoms in total. The molecule has 0 aliphatic carbocycles. The van der Waals surface area contributed by atoms with Gasteiger partial charge in [0.15, 0.2) is 11.3 Å². The third-order valence-corrected chi connectivity index (χ3v) is 5.08. The van der Waals surface area contributed by atoms with E-state index < -0.39 is 35.3 Å². The maximum atomic E-state index is 14.7. The predicted octanol–water partition coefficient (Wildman–Crippen LogP) is 4.15. The third-order valence-electron chi connectivity index (χ3n) is 5.08. The fraction of sp³-hybridized carbons (Fsp3) is 0.364. The molecule has 0 aliphatic rings. The van der Waals surface area contributed by atoms with E-state index in [-0.39, 0.29) is 22.6 Å². The number of aromatic nitrogens is 6. The van der Waals surface area contributed by atoms with Crippen molar-refractivity contribution in [2.24, 2.45) is 0 Å². The summed E-state index contributed by atoms with van der Waals surface area (Å²) >= 11 is 0. The van der Waals surface area contributed by atoms with Crippen molar-refractivity contribution in [2.45, 2.75) is 52.6 Å². The number of fused-ring (bicyclic) bond motifs is 3. The lowest BCUT2D eigenvalue weighted by atomic mass is 10.0. The van der Waals surface area contributed by atoms with Gasteiger partial charge in [0.25, 0.3) is 12.3 Å². The Morgan fingerprint density at radius 3 is 2.50 bits per heavy atom. The van der Waals surface area contributed by atoms with E-state index in [0.717, 1.165) is 6.07 Å².